The van der Waals surface area contributed by atoms with Gasteiger partial charge in [0, 0.05) is 31.6 Å². The van der Waals surface area contributed by atoms with Crippen molar-refractivity contribution in [1.82, 2.24) is 15.5 Å². The Morgan fingerprint density at radius 1 is 1.19 bits per heavy atom. The lowest BCUT2D eigenvalue weighted by Crippen LogP contribution is -2.58. The van der Waals surface area contributed by atoms with Crippen molar-refractivity contribution < 1.29 is 14.4 Å². The number of carbonyl (C=O) groups excluding carboxylic acids is 3. The summed E-state index contributed by atoms with van der Waals surface area (Å²) in [6, 6.07) is 6.83. The Morgan fingerprint density at radius 3 is 2.67 bits per heavy atom. The van der Waals surface area contributed by atoms with Gasteiger partial charge in [-0.15, -0.1) is 0 Å². The Hall–Kier alpha value is -2.57. The van der Waals surface area contributed by atoms with Crippen molar-refractivity contribution in [3.05, 3.63) is 29.8 Å². The Kier molecular flexibility index (Phi) is 5.39. The Bertz CT molecular complexity index is 748. The molecule has 1 fully saturated rings. The normalized spacial score (nSPS) is 23.3. The van der Waals surface area contributed by atoms with Crippen molar-refractivity contribution in [2.45, 2.75) is 51.7 Å². The van der Waals surface area contributed by atoms with Crippen LogP contribution in [0.15, 0.2) is 24.3 Å². The van der Waals surface area contributed by atoms with Crippen LogP contribution in [0.5, 0.6) is 0 Å². The van der Waals surface area contributed by atoms with Crippen molar-refractivity contribution in [2.24, 2.45) is 5.92 Å². The number of carbonyl (C=O) groups is 3. The van der Waals surface area contributed by atoms with Crippen LogP contribution in [-0.4, -0.2) is 47.4 Å². The molecule has 1 spiro atoms. The zero-order valence-corrected chi connectivity index (χ0v) is 16.2. The molecule has 0 radical (unpaired) electrons. The first kappa shape index (κ1) is 19.2. The van der Waals surface area contributed by atoms with Gasteiger partial charge in [0.05, 0.1) is 5.56 Å². The van der Waals surface area contributed by atoms with Gasteiger partial charge in [0.25, 0.3) is 5.91 Å². The SMILES string of the molecule is CC(C)CNC(=O)[C@@H](C)N1CC[C@@]2(CCC1=O)NC(=O)c1ccccc1N2. The number of rotatable bonds is 4. The Morgan fingerprint density at radius 2 is 1.93 bits per heavy atom. The fourth-order valence-electron chi connectivity index (χ4n) is 3.64. The number of anilines is 1. The van der Waals surface area contributed by atoms with Crippen LogP contribution in [0.25, 0.3) is 0 Å². The molecule has 2 heterocycles. The third-order valence-corrected chi connectivity index (χ3v) is 5.30. The van der Waals surface area contributed by atoms with Crippen molar-refractivity contribution >= 4 is 23.4 Å². The van der Waals surface area contributed by atoms with E-state index in [1.54, 1.807) is 17.9 Å². The standard InChI is InChI=1S/C20H28N4O3/c1-13(2)12-21-18(26)14(3)24-11-10-20(9-8-17(24)25)22-16-7-5-4-6-15(16)19(27)23-20/h4-7,13-14,22H,8-12H2,1-3H3,(H,21,26)(H,23,27)/t14-,20-/m1/s1. The minimum absolute atomic E-state index is 0.0611. The molecule has 0 aromatic heterocycles. The third kappa shape index (κ3) is 4.07. The van der Waals surface area contributed by atoms with Crippen LogP contribution in [0, 0.1) is 5.92 Å². The molecule has 3 amide bonds. The quantitative estimate of drug-likeness (QED) is 0.750. The van der Waals surface area contributed by atoms with Crippen molar-refractivity contribution in [3.8, 4) is 0 Å². The molecule has 1 aromatic rings. The predicted octanol–water partition coefficient (Wildman–Crippen LogP) is 1.71. The molecule has 7 nitrogen and oxygen atoms in total. The molecule has 0 saturated carbocycles. The number of likely N-dealkylation sites (tertiary alicyclic amines) is 1. The highest BCUT2D eigenvalue weighted by molar-refractivity contribution is 6.02. The monoisotopic (exact) mass is 372 g/mol. The second-order valence-corrected chi connectivity index (χ2v) is 7.86. The second kappa shape index (κ2) is 7.58. The van der Waals surface area contributed by atoms with E-state index in [9.17, 15) is 14.4 Å². The van der Waals surface area contributed by atoms with E-state index in [2.05, 4.69) is 16.0 Å². The number of hydrogen-bond donors (Lipinski definition) is 3. The van der Waals surface area contributed by atoms with Gasteiger partial charge in [-0.3, -0.25) is 14.4 Å². The zero-order valence-electron chi connectivity index (χ0n) is 16.2. The third-order valence-electron chi connectivity index (χ3n) is 5.30. The summed E-state index contributed by atoms with van der Waals surface area (Å²) in [6.45, 7) is 6.81. The fraction of sp³-hybridized carbons (Fsp3) is 0.550. The van der Waals surface area contributed by atoms with Crippen LogP contribution < -0.4 is 16.0 Å². The van der Waals surface area contributed by atoms with Crippen molar-refractivity contribution in [1.29, 1.82) is 0 Å². The first-order valence-corrected chi connectivity index (χ1v) is 9.58. The van der Waals surface area contributed by atoms with E-state index < -0.39 is 11.7 Å². The van der Waals surface area contributed by atoms with Crippen molar-refractivity contribution in [2.75, 3.05) is 18.4 Å². The van der Waals surface area contributed by atoms with Gasteiger partial charge in [0.1, 0.15) is 11.7 Å². The number of nitrogens with zero attached hydrogens (tertiary/aromatic N) is 1. The lowest BCUT2D eigenvalue weighted by atomic mass is 9.95. The Labute approximate surface area is 159 Å². The van der Waals surface area contributed by atoms with Crippen molar-refractivity contribution in [3.63, 3.8) is 0 Å². The average molecular weight is 372 g/mol. The van der Waals surface area contributed by atoms with Gasteiger partial charge in [0.2, 0.25) is 11.8 Å². The maximum atomic E-state index is 12.7. The topological polar surface area (TPSA) is 90.5 Å². The summed E-state index contributed by atoms with van der Waals surface area (Å²) in [5.74, 6) is 0.0203. The summed E-state index contributed by atoms with van der Waals surface area (Å²) >= 11 is 0. The van der Waals surface area contributed by atoms with E-state index in [-0.39, 0.29) is 24.1 Å². The molecule has 2 aliphatic heterocycles. The first-order chi connectivity index (χ1) is 12.8. The van der Waals surface area contributed by atoms with E-state index >= 15 is 0 Å². The predicted molar refractivity (Wildman–Crippen MR) is 103 cm³/mol. The molecule has 1 aromatic carbocycles. The summed E-state index contributed by atoms with van der Waals surface area (Å²) in [5.41, 5.74) is 0.728. The largest absolute Gasteiger partial charge is 0.362 e. The highest BCUT2D eigenvalue weighted by atomic mass is 16.2. The minimum atomic E-state index is -0.663. The van der Waals surface area contributed by atoms with Gasteiger partial charge in [-0.2, -0.15) is 0 Å². The van der Waals surface area contributed by atoms with Crippen LogP contribution in [0.2, 0.25) is 0 Å². The second-order valence-electron chi connectivity index (χ2n) is 7.86. The van der Waals surface area contributed by atoms with E-state index in [0.717, 1.165) is 5.69 Å². The zero-order chi connectivity index (χ0) is 19.6. The van der Waals surface area contributed by atoms with Gasteiger partial charge in [-0.1, -0.05) is 26.0 Å². The molecule has 0 aliphatic carbocycles. The number of nitrogens with one attached hydrogen (secondary N) is 3. The number of hydrogen-bond acceptors (Lipinski definition) is 4. The number of para-hydroxylation sites is 1. The molecule has 3 rings (SSSR count). The lowest BCUT2D eigenvalue weighted by molar-refractivity contribution is -0.139. The first-order valence-electron chi connectivity index (χ1n) is 9.58. The smallest absolute Gasteiger partial charge is 0.255 e. The van der Waals surface area contributed by atoms with Crippen LogP contribution in [-0.2, 0) is 9.59 Å². The molecule has 0 bridgehead atoms. The molecule has 2 atom stereocenters. The molecule has 3 N–H and O–H groups in total. The van der Waals surface area contributed by atoms with Crippen LogP contribution in [0.1, 0.15) is 50.4 Å². The maximum Gasteiger partial charge on any atom is 0.255 e. The van der Waals surface area contributed by atoms with Crippen LogP contribution in [0.3, 0.4) is 0 Å². The molecular weight excluding hydrogens is 344 g/mol. The van der Waals surface area contributed by atoms with E-state index in [1.165, 1.54) is 0 Å². The van der Waals surface area contributed by atoms with Gasteiger partial charge in [-0.05, 0) is 31.4 Å². The number of amides is 3. The van der Waals surface area contributed by atoms with Gasteiger partial charge >= 0.3 is 0 Å². The summed E-state index contributed by atoms with van der Waals surface area (Å²) < 4.78 is 0. The van der Waals surface area contributed by atoms with Crippen LogP contribution >= 0.6 is 0 Å². The van der Waals surface area contributed by atoms with E-state index in [1.807, 2.05) is 32.0 Å². The van der Waals surface area contributed by atoms with Gasteiger partial charge < -0.3 is 20.9 Å². The van der Waals surface area contributed by atoms with E-state index in [0.29, 0.717) is 37.4 Å². The van der Waals surface area contributed by atoms with Crippen LogP contribution in [0.4, 0.5) is 5.69 Å². The average Bonchev–Trinajstić information content (AvgIpc) is 2.79. The van der Waals surface area contributed by atoms with Gasteiger partial charge in [0.15, 0.2) is 0 Å². The molecule has 0 unspecified atom stereocenters. The molecule has 2 aliphatic rings. The molecular formula is C20H28N4O3. The number of benzene rings is 1. The lowest BCUT2D eigenvalue weighted by Gasteiger charge is -2.40. The summed E-state index contributed by atoms with van der Waals surface area (Å²) in [7, 11) is 0. The van der Waals surface area contributed by atoms with E-state index in [4.69, 9.17) is 0 Å². The summed E-state index contributed by atoms with van der Waals surface area (Å²) in [5, 5.41) is 9.36. The molecule has 7 heteroatoms. The Balaban J connectivity index is 1.72. The maximum absolute atomic E-state index is 12.7. The molecule has 1 saturated heterocycles. The highest BCUT2D eigenvalue weighted by Crippen LogP contribution is 2.31. The minimum Gasteiger partial charge on any atom is -0.362 e. The molecule has 27 heavy (non-hydrogen) atoms. The summed E-state index contributed by atoms with van der Waals surface area (Å²) in [6.07, 6.45) is 1.31. The fourth-order valence-corrected chi connectivity index (χ4v) is 3.64. The highest BCUT2D eigenvalue weighted by Gasteiger charge is 2.41. The van der Waals surface area contributed by atoms with Gasteiger partial charge in [-0.25, -0.2) is 0 Å². The number of fused-ring (bicyclic) bond motifs is 1. The summed E-state index contributed by atoms with van der Waals surface area (Å²) in [4.78, 5) is 39.2. The molecule has 146 valence electrons.